The molecular formula is C13H15F4NO2. The Balaban J connectivity index is 3.07. The lowest BCUT2D eigenvalue weighted by molar-refractivity contribution is -0.140. The third-order valence-electron chi connectivity index (χ3n) is 3.08. The summed E-state index contributed by atoms with van der Waals surface area (Å²) in [6, 6.07) is 2.02. The fourth-order valence-electron chi connectivity index (χ4n) is 1.47. The van der Waals surface area contributed by atoms with Gasteiger partial charge in [0.25, 0.3) is 5.91 Å². The lowest BCUT2D eigenvalue weighted by Crippen LogP contribution is -2.48. The van der Waals surface area contributed by atoms with Crippen molar-refractivity contribution >= 4 is 5.91 Å². The Hall–Kier alpha value is -1.63. The second-order valence-electron chi connectivity index (χ2n) is 4.72. The molecule has 0 radical (unpaired) electrons. The average Bonchev–Trinajstić information content (AvgIpc) is 2.37. The first-order chi connectivity index (χ1) is 9.13. The minimum absolute atomic E-state index is 0.313. The molecule has 0 aliphatic carbocycles. The topological polar surface area (TPSA) is 49.3 Å². The van der Waals surface area contributed by atoms with Crippen molar-refractivity contribution in [1.29, 1.82) is 0 Å². The molecular weight excluding hydrogens is 278 g/mol. The Labute approximate surface area is 113 Å². The Bertz CT molecular complexity index is 496. The van der Waals surface area contributed by atoms with E-state index in [1.165, 1.54) is 0 Å². The summed E-state index contributed by atoms with van der Waals surface area (Å²) < 4.78 is 50.8. The van der Waals surface area contributed by atoms with Crippen LogP contribution < -0.4 is 5.32 Å². The first-order valence-corrected chi connectivity index (χ1v) is 5.93. The number of nitrogens with one attached hydrogen (secondary N) is 1. The van der Waals surface area contributed by atoms with Crippen molar-refractivity contribution in [1.82, 2.24) is 5.32 Å². The quantitative estimate of drug-likeness (QED) is 0.839. The molecule has 0 saturated carbocycles. The molecule has 0 fully saturated rings. The molecule has 2 N–H and O–H groups in total. The Morgan fingerprint density at radius 2 is 1.95 bits per heavy atom. The van der Waals surface area contributed by atoms with Gasteiger partial charge in [0, 0.05) is 5.56 Å². The van der Waals surface area contributed by atoms with Gasteiger partial charge < -0.3 is 10.4 Å². The van der Waals surface area contributed by atoms with Crippen LogP contribution in [0.1, 0.15) is 36.2 Å². The monoisotopic (exact) mass is 293 g/mol. The fourth-order valence-corrected chi connectivity index (χ4v) is 1.47. The summed E-state index contributed by atoms with van der Waals surface area (Å²) in [5, 5.41) is 11.6. The molecule has 0 heterocycles. The second kappa shape index (κ2) is 5.78. The van der Waals surface area contributed by atoms with Gasteiger partial charge in [-0.3, -0.25) is 4.79 Å². The van der Waals surface area contributed by atoms with Gasteiger partial charge in [0.2, 0.25) is 0 Å². The van der Waals surface area contributed by atoms with Gasteiger partial charge in [-0.2, -0.15) is 13.2 Å². The molecule has 0 saturated heterocycles. The summed E-state index contributed by atoms with van der Waals surface area (Å²) in [5.41, 5.74) is -2.75. The van der Waals surface area contributed by atoms with Gasteiger partial charge in [-0.25, -0.2) is 4.39 Å². The van der Waals surface area contributed by atoms with E-state index >= 15 is 0 Å². The maximum absolute atomic E-state index is 13.1. The zero-order valence-corrected chi connectivity index (χ0v) is 11.0. The zero-order chi connectivity index (χ0) is 15.6. The molecule has 0 aromatic heterocycles. The number of rotatable bonds is 4. The van der Waals surface area contributed by atoms with E-state index in [9.17, 15) is 22.4 Å². The molecule has 1 rings (SSSR count). The number of hydrogen-bond acceptors (Lipinski definition) is 2. The van der Waals surface area contributed by atoms with Crippen LogP contribution in [-0.2, 0) is 6.18 Å². The lowest BCUT2D eigenvalue weighted by Gasteiger charge is -2.27. The molecule has 0 bridgehead atoms. The van der Waals surface area contributed by atoms with Crippen molar-refractivity contribution in [2.24, 2.45) is 0 Å². The van der Waals surface area contributed by atoms with Crippen LogP contribution in [0.2, 0.25) is 0 Å². The number of carbonyl (C=O) groups excluding carboxylic acids is 1. The molecule has 112 valence electrons. The van der Waals surface area contributed by atoms with Crippen molar-refractivity contribution in [3.8, 4) is 0 Å². The summed E-state index contributed by atoms with van der Waals surface area (Å²) in [4.78, 5) is 11.9. The van der Waals surface area contributed by atoms with E-state index in [1.807, 2.05) is 0 Å². The van der Waals surface area contributed by atoms with Crippen LogP contribution in [0.4, 0.5) is 17.6 Å². The van der Waals surface area contributed by atoms with E-state index in [1.54, 1.807) is 13.8 Å². The van der Waals surface area contributed by atoms with Crippen LogP contribution >= 0.6 is 0 Å². The van der Waals surface area contributed by atoms with Crippen LogP contribution in [0.25, 0.3) is 0 Å². The number of alkyl halides is 3. The number of halogens is 4. The fraction of sp³-hybridized carbons (Fsp3) is 0.462. The Morgan fingerprint density at radius 3 is 2.40 bits per heavy atom. The molecule has 0 spiro atoms. The van der Waals surface area contributed by atoms with E-state index < -0.39 is 29.0 Å². The highest BCUT2D eigenvalue weighted by molar-refractivity contribution is 5.94. The normalized spacial score (nSPS) is 14.8. The van der Waals surface area contributed by atoms with Crippen molar-refractivity contribution in [2.45, 2.75) is 32.0 Å². The molecule has 0 aliphatic heterocycles. The number of benzene rings is 1. The first kappa shape index (κ1) is 16.4. The number of aliphatic hydroxyl groups excluding tert-OH is 1. The van der Waals surface area contributed by atoms with Gasteiger partial charge in [0.05, 0.1) is 17.7 Å². The highest BCUT2D eigenvalue weighted by Gasteiger charge is 2.35. The maximum atomic E-state index is 13.1. The van der Waals surface area contributed by atoms with Crippen LogP contribution in [0.5, 0.6) is 0 Å². The average molecular weight is 293 g/mol. The molecule has 0 aliphatic rings. The van der Waals surface area contributed by atoms with Crippen LogP contribution in [0, 0.1) is 5.82 Å². The van der Waals surface area contributed by atoms with Crippen LogP contribution in [0.15, 0.2) is 18.2 Å². The Kier molecular flexibility index (Phi) is 4.75. The third kappa shape index (κ3) is 3.69. The van der Waals surface area contributed by atoms with Gasteiger partial charge in [0.1, 0.15) is 5.82 Å². The largest absolute Gasteiger partial charge is 0.419 e. The SMILES string of the molecule is CCC(C)(CO)NC(=O)c1ccc(F)c(C(F)(F)F)c1. The standard InChI is InChI=1S/C13H15F4NO2/c1-3-12(2,7-19)18-11(20)8-4-5-10(14)9(6-8)13(15,16)17/h4-6,19H,3,7H2,1-2H3,(H,18,20). The maximum Gasteiger partial charge on any atom is 0.419 e. The van der Waals surface area contributed by atoms with Gasteiger partial charge >= 0.3 is 6.18 Å². The van der Waals surface area contributed by atoms with E-state index in [-0.39, 0.29) is 12.2 Å². The Morgan fingerprint density at radius 1 is 1.35 bits per heavy atom. The number of aliphatic hydroxyl groups is 1. The predicted molar refractivity (Wildman–Crippen MR) is 64.7 cm³/mol. The minimum Gasteiger partial charge on any atom is -0.394 e. The van der Waals surface area contributed by atoms with Gasteiger partial charge in [-0.05, 0) is 31.5 Å². The number of amides is 1. The van der Waals surface area contributed by atoms with Crippen molar-refractivity contribution in [3.05, 3.63) is 35.1 Å². The number of carbonyl (C=O) groups is 1. The summed E-state index contributed by atoms with van der Waals surface area (Å²) in [5.74, 6) is -2.23. The summed E-state index contributed by atoms with van der Waals surface area (Å²) in [6.07, 6.45) is -4.48. The molecule has 20 heavy (non-hydrogen) atoms. The van der Waals surface area contributed by atoms with E-state index in [0.29, 0.717) is 18.6 Å². The summed E-state index contributed by atoms with van der Waals surface area (Å²) >= 11 is 0. The van der Waals surface area contributed by atoms with Crippen LogP contribution in [-0.4, -0.2) is 23.2 Å². The van der Waals surface area contributed by atoms with Crippen LogP contribution in [0.3, 0.4) is 0 Å². The molecule has 1 amide bonds. The van der Waals surface area contributed by atoms with E-state index in [2.05, 4.69) is 5.32 Å². The number of hydrogen-bond donors (Lipinski definition) is 2. The van der Waals surface area contributed by atoms with Gasteiger partial charge in [-0.1, -0.05) is 6.92 Å². The summed E-state index contributed by atoms with van der Waals surface area (Å²) in [7, 11) is 0. The summed E-state index contributed by atoms with van der Waals surface area (Å²) in [6.45, 7) is 2.91. The van der Waals surface area contributed by atoms with Crippen molar-refractivity contribution < 1.29 is 27.5 Å². The highest BCUT2D eigenvalue weighted by Crippen LogP contribution is 2.32. The zero-order valence-electron chi connectivity index (χ0n) is 11.0. The van der Waals surface area contributed by atoms with E-state index in [4.69, 9.17) is 5.11 Å². The molecule has 1 aromatic rings. The smallest absolute Gasteiger partial charge is 0.394 e. The molecule has 7 heteroatoms. The molecule has 1 atom stereocenters. The first-order valence-electron chi connectivity index (χ1n) is 5.93. The second-order valence-corrected chi connectivity index (χ2v) is 4.72. The molecule has 1 aromatic carbocycles. The highest BCUT2D eigenvalue weighted by atomic mass is 19.4. The van der Waals surface area contributed by atoms with Gasteiger partial charge in [-0.15, -0.1) is 0 Å². The lowest BCUT2D eigenvalue weighted by atomic mass is 9.99. The predicted octanol–water partition coefficient (Wildman–Crippen LogP) is 2.74. The van der Waals surface area contributed by atoms with Crippen molar-refractivity contribution in [2.75, 3.05) is 6.61 Å². The third-order valence-corrected chi connectivity index (χ3v) is 3.08. The minimum atomic E-state index is -4.87. The molecule has 1 unspecified atom stereocenters. The van der Waals surface area contributed by atoms with E-state index in [0.717, 1.165) is 6.07 Å². The van der Waals surface area contributed by atoms with Gasteiger partial charge in [0.15, 0.2) is 0 Å². The van der Waals surface area contributed by atoms with Crippen molar-refractivity contribution in [3.63, 3.8) is 0 Å². The molecule has 3 nitrogen and oxygen atoms in total.